The average Bonchev–Trinajstić information content (AvgIpc) is 2.45. The lowest BCUT2D eigenvalue weighted by atomic mass is 10.1. The van der Waals surface area contributed by atoms with Crippen LogP contribution in [0, 0.1) is 13.8 Å². The number of aryl methyl sites for hydroxylation is 2. The molecule has 110 valence electrons. The molecule has 0 unspecified atom stereocenters. The van der Waals surface area contributed by atoms with Crippen molar-refractivity contribution in [2.45, 2.75) is 13.8 Å². The van der Waals surface area contributed by atoms with Gasteiger partial charge in [0, 0.05) is 20.9 Å². The molecule has 1 amide bonds. The van der Waals surface area contributed by atoms with Crippen LogP contribution < -0.4 is 10.6 Å². The van der Waals surface area contributed by atoms with Gasteiger partial charge in [-0.1, -0.05) is 27.5 Å². The van der Waals surface area contributed by atoms with E-state index in [4.69, 9.17) is 11.6 Å². The van der Waals surface area contributed by atoms with E-state index in [-0.39, 0.29) is 12.5 Å². The normalized spacial score (nSPS) is 10.3. The molecule has 0 bridgehead atoms. The summed E-state index contributed by atoms with van der Waals surface area (Å²) in [5.74, 6) is -0.101. The Kier molecular flexibility index (Phi) is 5.26. The molecule has 0 heterocycles. The number of benzene rings is 2. The van der Waals surface area contributed by atoms with E-state index in [1.807, 2.05) is 26.0 Å². The fraction of sp³-hybridized carbons (Fsp3) is 0.188. The van der Waals surface area contributed by atoms with E-state index in [0.29, 0.717) is 5.02 Å². The highest BCUT2D eigenvalue weighted by Crippen LogP contribution is 2.24. The molecule has 3 nitrogen and oxygen atoms in total. The first-order valence-electron chi connectivity index (χ1n) is 6.52. The van der Waals surface area contributed by atoms with Gasteiger partial charge >= 0.3 is 0 Å². The standard InChI is InChI=1S/C16H16BrClN2O/c1-10-7-14(8-11(2)16(10)17)19-9-15(21)20-13-5-3-12(18)4-6-13/h3-8,19H,9H2,1-2H3,(H,20,21). The summed E-state index contributed by atoms with van der Waals surface area (Å²) < 4.78 is 1.10. The Morgan fingerprint density at radius 2 is 1.67 bits per heavy atom. The number of anilines is 2. The van der Waals surface area contributed by atoms with E-state index < -0.39 is 0 Å². The van der Waals surface area contributed by atoms with Crippen molar-refractivity contribution in [1.82, 2.24) is 0 Å². The summed E-state index contributed by atoms with van der Waals surface area (Å²) in [5.41, 5.74) is 3.93. The SMILES string of the molecule is Cc1cc(NCC(=O)Nc2ccc(Cl)cc2)cc(C)c1Br. The van der Waals surface area contributed by atoms with Crippen molar-refractivity contribution in [1.29, 1.82) is 0 Å². The maximum Gasteiger partial charge on any atom is 0.243 e. The van der Waals surface area contributed by atoms with E-state index in [9.17, 15) is 4.79 Å². The van der Waals surface area contributed by atoms with Crippen molar-refractivity contribution in [3.8, 4) is 0 Å². The minimum Gasteiger partial charge on any atom is -0.376 e. The molecule has 21 heavy (non-hydrogen) atoms. The summed E-state index contributed by atoms with van der Waals surface area (Å²) in [6.07, 6.45) is 0. The monoisotopic (exact) mass is 366 g/mol. The van der Waals surface area contributed by atoms with Crippen molar-refractivity contribution >= 4 is 44.8 Å². The molecule has 2 rings (SSSR count). The smallest absolute Gasteiger partial charge is 0.243 e. The molecule has 0 fully saturated rings. The van der Waals surface area contributed by atoms with Gasteiger partial charge in [-0.2, -0.15) is 0 Å². The van der Waals surface area contributed by atoms with Crippen molar-refractivity contribution in [2.24, 2.45) is 0 Å². The van der Waals surface area contributed by atoms with E-state index in [1.165, 1.54) is 0 Å². The number of rotatable bonds is 4. The molecule has 0 radical (unpaired) electrons. The van der Waals surface area contributed by atoms with Crippen LogP contribution in [0.3, 0.4) is 0 Å². The van der Waals surface area contributed by atoms with Gasteiger partial charge in [0.1, 0.15) is 0 Å². The van der Waals surface area contributed by atoms with Gasteiger partial charge in [-0.25, -0.2) is 0 Å². The summed E-state index contributed by atoms with van der Waals surface area (Å²) in [7, 11) is 0. The lowest BCUT2D eigenvalue weighted by Crippen LogP contribution is -2.21. The third-order valence-corrected chi connectivity index (χ3v) is 4.52. The lowest BCUT2D eigenvalue weighted by Gasteiger charge is -2.11. The first-order chi connectivity index (χ1) is 9.95. The largest absolute Gasteiger partial charge is 0.376 e. The zero-order chi connectivity index (χ0) is 15.4. The molecule has 0 aliphatic heterocycles. The van der Waals surface area contributed by atoms with Crippen molar-refractivity contribution in [2.75, 3.05) is 17.2 Å². The van der Waals surface area contributed by atoms with Gasteiger partial charge in [0.25, 0.3) is 0 Å². The third-order valence-electron chi connectivity index (χ3n) is 3.02. The first kappa shape index (κ1) is 15.9. The molecule has 2 aromatic rings. The average molecular weight is 368 g/mol. The topological polar surface area (TPSA) is 41.1 Å². The van der Waals surface area contributed by atoms with Crippen LogP contribution in [0.4, 0.5) is 11.4 Å². The van der Waals surface area contributed by atoms with E-state index >= 15 is 0 Å². The van der Waals surface area contributed by atoms with E-state index in [1.54, 1.807) is 24.3 Å². The Morgan fingerprint density at radius 1 is 1.10 bits per heavy atom. The molecule has 0 aliphatic carbocycles. The molecule has 0 spiro atoms. The first-order valence-corrected chi connectivity index (χ1v) is 7.69. The highest BCUT2D eigenvalue weighted by molar-refractivity contribution is 9.10. The number of carbonyl (C=O) groups excluding carboxylic acids is 1. The molecule has 5 heteroatoms. The summed E-state index contributed by atoms with van der Waals surface area (Å²) in [4.78, 5) is 11.9. The van der Waals surface area contributed by atoms with Crippen LogP contribution in [0.15, 0.2) is 40.9 Å². The minimum absolute atomic E-state index is 0.101. The van der Waals surface area contributed by atoms with Crippen LogP contribution in [0.25, 0.3) is 0 Å². The number of hydrogen-bond donors (Lipinski definition) is 2. The maximum absolute atomic E-state index is 11.9. The zero-order valence-electron chi connectivity index (χ0n) is 11.8. The Balaban J connectivity index is 1.93. The van der Waals surface area contributed by atoms with Crippen LogP contribution in [-0.4, -0.2) is 12.5 Å². The molecule has 0 aliphatic rings. The molecule has 2 N–H and O–H groups in total. The fourth-order valence-electron chi connectivity index (χ4n) is 1.97. The lowest BCUT2D eigenvalue weighted by molar-refractivity contribution is -0.114. The quantitative estimate of drug-likeness (QED) is 0.817. The third kappa shape index (κ3) is 4.48. The van der Waals surface area contributed by atoms with Gasteiger partial charge < -0.3 is 10.6 Å². The highest BCUT2D eigenvalue weighted by Gasteiger charge is 2.05. The van der Waals surface area contributed by atoms with Gasteiger partial charge in [-0.05, 0) is 61.4 Å². The predicted molar refractivity (Wildman–Crippen MR) is 92.2 cm³/mol. The second kappa shape index (κ2) is 6.96. The molecule has 0 aromatic heterocycles. The van der Waals surface area contributed by atoms with Crippen molar-refractivity contribution in [3.63, 3.8) is 0 Å². The summed E-state index contributed by atoms with van der Waals surface area (Å²) in [6, 6.07) is 11.0. The molecule has 2 aromatic carbocycles. The van der Waals surface area contributed by atoms with Crippen LogP contribution in [0.1, 0.15) is 11.1 Å². The van der Waals surface area contributed by atoms with Crippen molar-refractivity contribution in [3.05, 3.63) is 57.0 Å². The summed E-state index contributed by atoms with van der Waals surface area (Å²) >= 11 is 9.33. The fourth-order valence-corrected chi connectivity index (χ4v) is 2.32. The molecule has 0 saturated carbocycles. The highest BCUT2D eigenvalue weighted by atomic mass is 79.9. The van der Waals surface area contributed by atoms with Gasteiger partial charge in [-0.15, -0.1) is 0 Å². The Labute approximate surface area is 137 Å². The van der Waals surface area contributed by atoms with Crippen LogP contribution in [0.2, 0.25) is 5.02 Å². The number of halogens is 2. The molecule has 0 saturated heterocycles. The number of hydrogen-bond acceptors (Lipinski definition) is 2. The molecular weight excluding hydrogens is 352 g/mol. The van der Waals surface area contributed by atoms with Crippen LogP contribution in [0.5, 0.6) is 0 Å². The number of amides is 1. The van der Waals surface area contributed by atoms with Gasteiger partial charge in [0.2, 0.25) is 5.91 Å². The van der Waals surface area contributed by atoms with E-state index in [0.717, 1.165) is 27.0 Å². The number of nitrogens with one attached hydrogen (secondary N) is 2. The maximum atomic E-state index is 11.9. The second-order valence-corrected chi connectivity index (χ2v) is 6.06. The Hall–Kier alpha value is -1.52. The minimum atomic E-state index is -0.101. The van der Waals surface area contributed by atoms with Gasteiger partial charge in [0.15, 0.2) is 0 Å². The molecule has 0 atom stereocenters. The zero-order valence-corrected chi connectivity index (χ0v) is 14.2. The van der Waals surface area contributed by atoms with Crippen molar-refractivity contribution < 1.29 is 4.79 Å². The molecular formula is C16H16BrClN2O. The number of carbonyl (C=O) groups is 1. The van der Waals surface area contributed by atoms with Crippen LogP contribution in [-0.2, 0) is 4.79 Å². The summed E-state index contributed by atoms with van der Waals surface area (Å²) in [5, 5.41) is 6.58. The summed E-state index contributed by atoms with van der Waals surface area (Å²) in [6.45, 7) is 4.26. The second-order valence-electron chi connectivity index (χ2n) is 4.83. The Morgan fingerprint density at radius 3 is 2.24 bits per heavy atom. The predicted octanol–water partition coefficient (Wildman–Crippen LogP) is 4.77. The van der Waals surface area contributed by atoms with E-state index in [2.05, 4.69) is 26.6 Å². The van der Waals surface area contributed by atoms with Crippen LogP contribution >= 0.6 is 27.5 Å². The Bertz CT molecular complexity index is 633. The van der Waals surface area contributed by atoms with Gasteiger partial charge in [-0.3, -0.25) is 4.79 Å². The van der Waals surface area contributed by atoms with Gasteiger partial charge in [0.05, 0.1) is 6.54 Å².